The van der Waals surface area contributed by atoms with Crippen LogP contribution >= 0.6 is 0 Å². The molecule has 0 saturated heterocycles. The maximum atomic E-state index is 12.1. The molecule has 6 nitrogen and oxygen atoms in total. The predicted octanol–water partition coefficient (Wildman–Crippen LogP) is 0.288. The van der Waals surface area contributed by atoms with Gasteiger partial charge in [-0.05, 0) is 33.2 Å². The van der Waals surface area contributed by atoms with Crippen molar-refractivity contribution in [2.24, 2.45) is 0 Å². The van der Waals surface area contributed by atoms with Gasteiger partial charge in [0.1, 0.15) is 5.75 Å². The van der Waals surface area contributed by atoms with Gasteiger partial charge in [0.05, 0.1) is 17.8 Å². The van der Waals surface area contributed by atoms with Gasteiger partial charge in [-0.15, -0.1) is 0 Å². The van der Waals surface area contributed by atoms with Crippen LogP contribution in [0.5, 0.6) is 5.75 Å². The van der Waals surface area contributed by atoms with Crippen molar-refractivity contribution in [2.45, 2.75) is 18.6 Å². The number of para-hydroxylation sites is 2. The highest BCUT2D eigenvalue weighted by atomic mass is 16.5. The summed E-state index contributed by atoms with van der Waals surface area (Å²) in [5.74, 6) is 0.444. The van der Waals surface area contributed by atoms with Gasteiger partial charge in [0.25, 0.3) is 5.91 Å². The molecule has 0 radical (unpaired) electrons. The van der Waals surface area contributed by atoms with E-state index in [-0.39, 0.29) is 12.5 Å². The highest BCUT2D eigenvalue weighted by molar-refractivity contribution is 5.83. The fourth-order valence-corrected chi connectivity index (χ4v) is 2.39. The summed E-state index contributed by atoms with van der Waals surface area (Å²) < 4.78 is 5.67. The molecule has 1 aromatic carbocycles. The number of carbonyl (C=O) groups excluding carboxylic acids is 1. The second-order valence-electron chi connectivity index (χ2n) is 5.94. The molecule has 0 aromatic heterocycles. The van der Waals surface area contributed by atoms with Gasteiger partial charge in [0.2, 0.25) is 0 Å². The predicted molar refractivity (Wildman–Crippen MR) is 81.5 cm³/mol. The van der Waals surface area contributed by atoms with Gasteiger partial charge in [-0.1, -0.05) is 12.1 Å². The summed E-state index contributed by atoms with van der Waals surface area (Å²) in [5, 5.41) is 16.1. The Morgan fingerprint density at radius 3 is 2.95 bits per heavy atom. The van der Waals surface area contributed by atoms with E-state index >= 15 is 0 Å². The SMILES string of the molecule is CN(C)CC(C)(O)CNC(=O)C1CNc2ccccc2O1. The van der Waals surface area contributed by atoms with Crippen molar-refractivity contribution in [1.82, 2.24) is 10.2 Å². The Balaban J connectivity index is 1.88. The molecule has 3 N–H and O–H groups in total. The number of nitrogens with one attached hydrogen (secondary N) is 2. The van der Waals surface area contributed by atoms with Gasteiger partial charge >= 0.3 is 0 Å². The van der Waals surface area contributed by atoms with Crippen LogP contribution in [0.4, 0.5) is 5.69 Å². The topological polar surface area (TPSA) is 73.8 Å². The van der Waals surface area contributed by atoms with E-state index in [0.717, 1.165) is 5.69 Å². The Bertz CT molecular complexity index is 503. The second-order valence-corrected chi connectivity index (χ2v) is 5.94. The third-order valence-electron chi connectivity index (χ3n) is 3.23. The molecule has 2 atom stereocenters. The van der Waals surface area contributed by atoms with Crippen molar-refractivity contribution in [3.63, 3.8) is 0 Å². The lowest BCUT2D eigenvalue weighted by Gasteiger charge is -2.30. The van der Waals surface area contributed by atoms with Crippen LogP contribution in [0, 0.1) is 0 Å². The number of carbonyl (C=O) groups is 1. The molecule has 1 aliphatic rings. The first-order valence-electron chi connectivity index (χ1n) is 7.02. The number of amides is 1. The highest BCUT2D eigenvalue weighted by Crippen LogP contribution is 2.28. The third-order valence-corrected chi connectivity index (χ3v) is 3.23. The average Bonchev–Trinajstić information content (AvgIpc) is 2.43. The summed E-state index contributed by atoms with van der Waals surface area (Å²) in [7, 11) is 3.75. The monoisotopic (exact) mass is 293 g/mol. The van der Waals surface area contributed by atoms with Crippen molar-refractivity contribution in [1.29, 1.82) is 0 Å². The van der Waals surface area contributed by atoms with E-state index in [1.807, 2.05) is 43.3 Å². The molecule has 1 aliphatic heterocycles. The molecule has 0 fully saturated rings. The zero-order valence-electron chi connectivity index (χ0n) is 12.7. The first-order valence-corrected chi connectivity index (χ1v) is 7.02. The summed E-state index contributed by atoms with van der Waals surface area (Å²) in [6, 6.07) is 7.51. The molecular formula is C15H23N3O3. The fourth-order valence-electron chi connectivity index (χ4n) is 2.39. The van der Waals surface area contributed by atoms with Crippen molar-refractivity contribution >= 4 is 11.6 Å². The minimum absolute atomic E-state index is 0.186. The minimum atomic E-state index is -0.973. The van der Waals surface area contributed by atoms with E-state index in [2.05, 4.69) is 10.6 Å². The fraction of sp³-hybridized carbons (Fsp3) is 0.533. The number of likely N-dealkylation sites (N-methyl/N-ethyl adjacent to an activating group) is 1. The smallest absolute Gasteiger partial charge is 0.263 e. The maximum Gasteiger partial charge on any atom is 0.263 e. The second kappa shape index (κ2) is 6.32. The molecule has 1 aromatic rings. The van der Waals surface area contributed by atoms with Crippen LogP contribution in [0.15, 0.2) is 24.3 Å². The van der Waals surface area contributed by atoms with E-state index in [1.54, 1.807) is 6.92 Å². The number of benzene rings is 1. The summed E-state index contributed by atoms with van der Waals surface area (Å²) in [6.45, 7) is 2.77. The van der Waals surface area contributed by atoms with Crippen LogP contribution in [0.2, 0.25) is 0 Å². The number of rotatable bonds is 5. The van der Waals surface area contributed by atoms with Crippen LogP contribution in [-0.2, 0) is 4.79 Å². The van der Waals surface area contributed by atoms with Crippen molar-refractivity contribution < 1.29 is 14.6 Å². The third kappa shape index (κ3) is 4.34. The molecule has 6 heteroatoms. The first-order chi connectivity index (χ1) is 9.87. The zero-order chi connectivity index (χ0) is 15.5. The highest BCUT2D eigenvalue weighted by Gasteiger charge is 2.28. The number of anilines is 1. The summed E-state index contributed by atoms with van der Waals surface area (Å²) in [4.78, 5) is 14.0. The summed E-state index contributed by atoms with van der Waals surface area (Å²) in [6.07, 6.45) is -0.588. The van der Waals surface area contributed by atoms with Gasteiger partial charge in [0.15, 0.2) is 6.10 Å². The first kappa shape index (κ1) is 15.6. The van der Waals surface area contributed by atoms with Crippen LogP contribution in [0.25, 0.3) is 0 Å². The van der Waals surface area contributed by atoms with Crippen LogP contribution in [-0.4, -0.2) is 61.3 Å². The lowest BCUT2D eigenvalue weighted by Crippen LogP contribution is -2.51. The standard InChI is InChI=1S/C15H23N3O3/c1-15(20,10-18(2)3)9-17-14(19)13-8-16-11-6-4-5-7-12(11)21-13/h4-7,13,16,20H,8-10H2,1-3H3,(H,17,19). The Labute approximate surface area is 125 Å². The lowest BCUT2D eigenvalue weighted by atomic mass is 10.1. The quantitative estimate of drug-likeness (QED) is 0.727. The van der Waals surface area contributed by atoms with Crippen molar-refractivity contribution in [2.75, 3.05) is 39.0 Å². The van der Waals surface area contributed by atoms with Crippen LogP contribution < -0.4 is 15.4 Å². The molecule has 0 aliphatic carbocycles. The van der Waals surface area contributed by atoms with Gasteiger partial charge in [0, 0.05) is 13.1 Å². The van der Waals surface area contributed by atoms with E-state index < -0.39 is 11.7 Å². The van der Waals surface area contributed by atoms with Crippen LogP contribution in [0.3, 0.4) is 0 Å². The molecule has 2 rings (SSSR count). The summed E-state index contributed by atoms with van der Waals surface area (Å²) in [5.41, 5.74) is -0.0831. The molecule has 0 bridgehead atoms. The van der Waals surface area contributed by atoms with Crippen LogP contribution in [0.1, 0.15) is 6.92 Å². The molecule has 1 heterocycles. The minimum Gasteiger partial charge on any atom is -0.477 e. The summed E-state index contributed by atoms with van der Waals surface area (Å²) >= 11 is 0. The average molecular weight is 293 g/mol. The number of hydrogen-bond acceptors (Lipinski definition) is 5. The molecule has 0 saturated carbocycles. The number of aliphatic hydroxyl groups is 1. The largest absolute Gasteiger partial charge is 0.477 e. The number of ether oxygens (including phenoxy) is 1. The van der Waals surface area contributed by atoms with E-state index in [4.69, 9.17) is 4.74 Å². The van der Waals surface area contributed by atoms with Gasteiger partial charge < -0.3 is 25.4 Å². The van der Waals surface area contributed by atoms with Gasteiger partial charge in [-0.3, -0.25) is 4.79 Å². The van der Waals surface area contributed by atoms with E-state index in [0.29, 0.717) is 18.8 Å². The molecule has 2 unspecified atom stereocenters. The van der Waals surface area contributed by atoms with Gasteiger partial charge in [-0.2, -0.15) is 0 Å². The van der Waals surface area contributed by atoms with Crippen molar-refractivity contribution in [3.8, 4) is 5.75 Å². The molecule has 1 amide bonds. The Morgan fingerprint density at radius 2 is 2.24 bits per heavy atom. The Morgan fingerprint density at radius 1 is 1.52 bits per heavy atom. The van der Waals surface area contributed by atoms with E-state index in [9.17, 15) is 9.90 Å². The number of fused-ring (bicyclic) bond motifs is 1. The number of hydrogen-bond donors (Lipinski definition) is 3. The normalized spacial score (nSPS) is 20.0. The van der Waals surface area contributed by atoms with E-state index in [1.165, 1.54) is 0 Å². The number of nitrogens with zero attached hydrogens (tertiary/aromatic N) is 1. The molecule has 0 spiro atoms. The van der Waals surface area contributed by atoms with Crippen molar-refractivity contribution in [3.05, 3.63) is 24.3 Å². The zero-order valence-corrected chi connectivity index (χ0v) is 12.7. The molecular weight excluding hydrogens is 270 g/mol. The Kier molecular flexibility index (Phi) is 4.69. The lowest BCUT2D eigenvalue weighted by molar-refractivity contribution is -0.128. The maximum absolute atomic E-state index is 12.1. The molecule has 21 heavy (non-hydrogen) atoms. The molecule has 116 valence electrons. The Hall–Kier alpha value is -1.79. The van der Waals surface area contributed by atoms with Gasteiger partial charge in [-0.25, -0.2) is 0 Å².